The van der Waals surface area contributed by atoms with E-state index in [9.17, 15) is 4.79 Å². The number of ether oxygens (including phenoxy) is 2. The molecule has 0 saturated heterocycles. The van der Waals surface area contributed by atoms with Crippen LogP contribution in [-0.4, -0.2) is 32.7 Å². The fourth-order valence-electron chi connectivity index (χ4n) is 2.95. The molecule has 0 unspecified atom stereocenters. The van der Waals surface area contributed by atoms with Crippen LogP contribution in [0, 0.1) is 19.8 Å². The van der Waals surface area contributed by atoms with E-state index in [4.69, 9.17) is 13.9 Å². The maximum absolute atomic E-state index is 11.7. The molecule has 156 valence electrons. The number of hydrogen-bond acceptors (Lipinski definition) is 5. The lowest BCUT2D eigenvalue weighted by molar-refractivity contribution is 0.0599. The number of aryl methyl sites for hydroxylation is 2. The van der Waals surface area contributed by atoms with Crippen LogP contribution in [0.2, 0.25) is 0 Å². The van der Waals surface area contributed by atoms with Crippen molar-refractivity contribution in [2.75, 3.05) is 20.8 Å². The average Bonchev–Trinajstić information content (AvgIpc) is 3.48. The largest absolute Gasteiger partial charge is 0.493 e. The third-order valence-corrected chi connectivity index (χ3v) is 4.87. The lowest BCUT2D eigenvalue weighted by Gasteiger charge is -2.15. The predicted octanol–water partition coefficient (Wildman–Crippen LogP) is 3.34. The van der Waals surface area contributed by atoms with Crippen LogP contribution >= 0.6 is 0 Å². The summed E-state index contributed by atoms with van der Waals surface area (Å²) < 4.78 is 16.4. The molecule has 1 saturated carbocycles. The summed E-state index contributed by atoms with van der Waals surface area (Å²) in [5, 5.41) is 6.50. The first-order valence-electron chi connectivity index (χ1n) is 9.84. The maximum Gasteiger partial charge on any atom is 0.341 e. The smallest absolute Gasteiger partial charge is 0.341 e. The Kier molecular flexibility index (Phi) is 6.80. The van der Waals surface area contributed by atoms with E-state index in [0.29, 0.717) is 42.1 Å². The van der Waals surface area contributed by atoms with Gasteiger partial charge in [0.25, 0.3) is 0 Å². The van der Waals surface area contributed by atoms with Gasteiger partial charge in [0.05, 0.1) is 20.3 Å². The van der Waals surface area contributed by atoms with E-state index < -0.39 is 5.97 Å². The second-order valence-electron chi connectivity index (χ2n) is 7.32. The van der Waals surface area contributed by atoms with Crippen LogP contribution in [0.1, 0.15) is 45.8 Å². The van der Waals surface area contributed by atoms with Gasteiger partial charge in [-0.25, -0.2) is 4.79 Å². The molecule has 7 heteroatoms. The molecule has 0 bridgehead atoms. The molecular weight excluding hydrogens is 370 g/mol. The van der Waals surface area contributed by atoms with Gasteiger partial charge in [-0.1, -0.05) is 12.1 Å². The van der Waals surface area contributed by atoms with Crippen molar-refractivity contribution in [3.05, 3.63) is 52.5 Å². The zero-order chi connectivity index (χ0) is 20.8. The molecule has 0 atom stereocenters. The molecule has 0 aliphatic heterocycles. The van der Waals surface area contributed by atoms with Gasteiger partial charge in [-0.2, -0.15) is 0 Å². The van der Waals surface area contributed by atoms with Crippen LogP contribution in [0.3, 0.4) is 0 Å². The summed E-state index contributed by atoms with van der Waals surface area (Å²) in [5.41, 5.74) is 2.70. The summed E-state index contributed by atoms with van der Waals surface area (Å²) in [4.78, 5) is 16.0. The highest BCUT2D eigenvalue weighted by Crippen LogP contribution is 2.30. The normalized spacial score (nSPS) is 13.9. The van der Waals surface area contributed by atoms with Gasteiger partial charge in [0.2, 0.25) is 0 Å². The first-order chi connectivity index (χ1) is 14.0. The molecule has 2 aromatic rings. The number of carbonyl (C=O) groups excluding carboxylic acids is 1. The number of guanidine groups is 1. The van der Waals surface area contributed by atoms with Crippen molar-refractivity contribution in [2.24, 2.45) is 10.9 Å². The molecule has 0 spiro atoms. The zero-order valence-corrected chi connectivity index (χ0v) is 17.5. The topological polar surface area (TPSA) is 85.1 Å². The molecule has 29 heavy (non-hydrogen) atoms. The minimum absolute atomic E-state index is 0.399. The number of nitrogens with zero attached hydrogens (tertiary/aromatic N) is 1. The number of carbonyl (C=O) groups is 1. The Morgan fingerprint density at radius 2 is 1.97 bits per heavy atom. The fraction of sp³-hybridized carbons (Fsp3) is 0.455. The molecule has 3 rings (SSSR count). The minimum Gasteiger partial charge on any atom is -0.493 e. The van der Waals surface area contributed by atoms with Crippen LogP contribution in [0.4, 0.5) is 0 Å². The van der Waals surface area contributed by atoms with Crippen molar-refractivity contribution in [3.63, 3.8) is 0 Å². The Morgan fingerprint density at radius 1 is 1.21 bits per heavy atom. The van der Waals surface area contributed by atoms with Crippen molar-refractivity contribution >= 4 is 11.9 Å². The van der Waals surface area contributed by atoms with Gasteiger partial charge in [-0.3, -0.25) is 4.99 Å². The van der Waals surface area contributed by atoms with Gasteiger partial charge in [-0.15, -0.1) is 0 Å². The number of hydrogen-bond donors (Lipinski definition) is 2. The van der Waals surface area contributed by atoms with Gasteiger partial charge in [-0.05, 0) is 50.3 Å². The Labute approximate surface area is 171 Å². The molecule has 0 radical (unpaired) electrons. The Hall–Kier alpha value is -2.96. The quantitative estimate of drug-likeness (QED) is 0.402. The van der Waals surface area contributed by atoms with E-state index in [1.807, 2.05) is 0 Å². The second kappa shape index (κ2) is 9.49. The van der Waals surface area contributed by atoms with Gasteiger partial charge < -0.3 is 24.5 Å². The van der Waals surface area contributed by atoms with Gasteiger partial charge >= 0.3 is 5.97 Å². The molecule has 1 aromatic carbocycles. The average molecular weight is 399 g/mol. The Balaban J connectivity index is 1.56. The first kappa shape index (κ1) is 20.8. The molecule has 1 aliphatic carbocycles. The monoisotopic (exact) mass is 399 g/mol. The highest BCUT2D eigenvalue weighted by molar-refractivity contribution is 5.90. The highest BCUT2D eigenvalue weighted by Gasteiger charge is 2.22. The highest BCUT2D eigenvalue weighted by atomic mass is 16.5. The van der Waals surface area contributed by atoms with E-state index in [-0.39, 0.29) is 0 Å². The van der Waals surface area contributed by atoms with E-state index >= 15 is 0 Å². The van der Waals surface area contributed by atoms with E-state index in [1.54, 1.807) is 20.0 Å². The summed E-state index contributed by atoms with van der Waals surface area (Å²) in [5.74, 6) is 3.02. The molecular formula is C22H29N3O4. The third-order valence-electron chi connectivity index (χ3n) is 4.87. The lowest BCUT2D eigenvalue weighted by Crippen LogP contribution is -2.36. The summed E-state index contributed by atoms with van der Waals surface area (Å²) >= 11 is 0. The third kappa shape index (κ3) is 5.76. The number of rotatable bonds is 8. The summed E-state index contributed by atoms with van der Waals surface area (Å²) in [7, 11) is 3.06. The molecule has 1 aromatic heterocycles. The van der Waals surface area contributed by atoms with E-state index in [1.165, 1.54) is 25.5 Å². The van der Waals surface area contributed by atoms with E-state index in [0.717, 1.165) is 17.9 Å². The van der Waals surface area contributed by atoms with Crippen LogP contribution in [0.5, 0.6) is 5.75 Å². The number of aliphatic imine (C=N–C) groups is 1. The molecule has 1 aliphatic rings. The maximum atomic E-state index is 11.7. The van der Waals surface area contributed by atoms with Crippen LogP contribution in [-0.2, 0) is 17.8 Å². The fourth-order valence-corrected chi connectivity index (χ4v) is 2.95. The molecule has 1 heterocycles. The first-order valence-corrected chi connectivity index (χ1v) is 9.84. The zero-order valence-electron chi connectivity index (χ0n) is 17.5. The number of methoxy groups -OCH3 is 1. The lowest BCUT2D eigenvalue weighted by atomic mass is 10.1. The van der Waals surface area contributed by atoms with Gasteiger partial charge in [0.1, 0.15) is 22.8 Å². The van der Waals surface area contributed by atoms with Crippen molar-refractivity contribution in [2.45, 2.75) is 39.8 Å². The van der Waals surface area contributed by atoms with Gasteiger partial charge in [0, 0.05) is 19.2 Å². The second-order valence-corrected chi connectivity index (χ2v) is 7.32. The minimum atomic E-state index is -0.405. The number of furan rings is 1. The van der Waals surface area contributed by atoms with Crippen LogP contribution in [0.15, 0.2) is 33.7 Å². The number of benzene rings is 1. The summed E-state index contributed by atoms with van der Waals surface area (Å²) in [6.07, 6.45) is 2.53. The standard InChI is InChI=1S/C22H29N3O4/c1-14-5-8-17(20(9-14)28-13-16-6-7-16)11-24-22(23-3)25-12-18-10-19(15(2)29-18)21(26)27-4/h5,8-10,16H,6-7,11-13H2,1-4H3,(H2,23,24,25). The Bertz CT molecular complexity index is 884. The van der Waals surface area contributed by atoms with Crippen molar-refractivity contribution in [3.8, 4) is 5.75 Å². The molecule has 0 amide bonds. The van der Waals surface area contributed by atoms with Crippen molar-refractivity contribution in [1.29, 1.82) is 0 Å². The predicted molar refractivity (Wildman–Crippen MR) is 111 cm³/mol. The Morgan fingerprint density at radius 3 is 2.66 bits per heavy atom. The van der Waals surface area contributed by atoms with Crippen molar-refractivity contribution < 1.29 is 18.7 Å². The number of esters is 1. The van der Waals surface area contributed by atoms with Crippen molar-refractivity contribution in [1.82, 2.24) is 10.6 Å². The number of nitrogens with one attached hydrogen (secondary N) is 2. The molecule has 2 N–H and O–H groups in total. The summed E-state index contributed by atoms with van der Waals surface area (Å²) in [6.45, 7) is 5.57. The van der Waals surface area contributed by atoms with Gasteiger partial charge in [0.15, 0.2) is 5.96 Å². The van der Waals surface area contributed by atoms with Crippen LogP contribution in [0.25, 0.3) is 0 Å². The summed E-state index contributed by atoms with van der Waals surface area (Å²) in [6, 6.07) is 7.92. The van der Waals surface area contributed by atoms with E-state index in [2.05, 4.69) is 40.7 Å². The molecule has 1 fully saturated rings. The SMILES string of the molecule is CN=C(NCc1cc(C(=O)OC)c(C)o1)NCc1ccc(C)cc1OCC1CC1. The molecule has 7 nitrogen and oxygen atoms in total. The van der Waals surface area contributed by atoms with Crippen LogP contribution < -0.4 is 15.4 Å².